The lowest BCUT2D eigenvalue weighted by molar-refractivity contribution is -0.145. The van der Waals surface area contributed by atoms with E-state index >= 15 is 0 Å². The third-order valence-electron chi connectivity index (χ3n) is 6.32. The second kappa shape index (κ2) is 19.6. The van der Waals surface area contributed by atoms with Crippen molar-refractivity contribution in [3.8, 4) is 0 Å². The van der Waals surface area contributed by atoms with Gasteiger partial charge in [0.1, 0.15) is 6.04 Å². The van der Waals surface area contributed by atoms with Gasteiger partial charge in [-0.25, -0.2) is 4.79 Å². The maximum absolute atomic E-state index is 12.3. The van der Waals surface area contributed by atoms with E-state index < -0.39 is 6.04 Å². The molecular weight excluding hydrogens is 410 g/mol. The molecule has 0 aliphatic heterocycles. The van der Waals surface area contributed by atoms with Gasteiger partial charge >= 0.3 is 5.97 Å². The van der Waals surface area contributed by atoms with Gasteiger partial charge in [0, 0.05) is 5.56 Å². The average molecular weight is 460 g/mol. The van der Waals surface area contributed by atoms with E-state index in [0.29, 0.717) is 12.2 Å². The molecule has 0 radical (unpaired) electrons. The fourth-order valence-electron chi connectivity index (χ4n) is 4.00. The molecule has 1 aromatic carbocycles. The summed E-state index contributed by atoms with van der Waals surface area (Å²) in [6, 6.07) is 6.83. The van der Waals surface area contributed by atoms with Crippen molar-refractivity contribution in [3.05, 3.63) is 35.4 Å². The van der Waals surface area contributed by atoms with E-state index in [1.165, 1.54) is 89.0 Å². The molecule has 0 aliphatic carbocycles. The number of aryl methyl sites for hydroxylation is 1. The topological polar surface area (TPSA) is 55.4 Å². The van der Waals surface area contributed by atoms with Crippen LogP contribution in [0.4, 0.5) is 0 Å². The van der Waals surface area contributed by atoms with Crippen molar-refractivity contribution < 1.29 is 14.3 Å². The summed E-state index contributed by atoms with van der Waals surface area (Å²) in [5.41, 5.74) is 1.75. The van der Waals surface area contributed by atoms with E-state index in [2.05, 4.69) is 19.2 Å². The van der Waals surface area contributed by atoms with Gasteiger partial charge in [0.05, 0.1) is 6.61 Å². The first kappa shape index (κ1) is 29.2. The van der Waals surface area contributed by atoms with Gasteiger partial charge < -0.3 is 10.1 Å². The second-order valence-electron chi connectivity index (χ2n) is 9.36. The minimum Gasteiger partial charge on any atom is -0.464 e. The molecule has 0 bridgehead atoms. The quantitative estimate of drug-likeness (QED) is 0.160. The van der Waals surface area contributed by atoms with Crippen LogP contribution in [0.1, 0.15) is 133 Å². The van der Waals surface area contributed by atoms with Gasteiger partial charge in [0.2, 0.25) is 0 Å². The fourth-order valence-corrected chi connectivity index (χ4v) is 4.00. The van der Waals surface area contributed by atoms with Crippen LogP contribution in [0.25, 0.3) is 0 Å². The van der Waals surface area contributed by atoms with Crippen LogP contribution >= 0.6 is 0 Å². The van der Waals surface area contributed by atoms with Gasteiger partial charge in [-0.05, 0) is 37.5 Å². The van der Waals surface area contributed by atoms with E-state index in [-0.39, 0.29) is 11.9 Å². The molecule has 1 rings (SSSR count). The molecule has 1 N–H and O–H groups in total. The molecule has 0 spiro atoms. The Kier molecular flexibility index (Phi) is 17.4. The van der Waals surface area contributed by atoms with Gasteiger partial charge in [-0.2, -0.15) is 0 Å². The minimum absolute atomic E-state index is 0.242. The van der Waals surface area contributed by atoms with Crippen LogP contribution < -0.4 is 5.32 Å². The molecule has 0 saturated heterocycles. The van der Waals surface area contributed by atoms with E-state index in [4.69, 9.17) is 4.74 Å². The number of hydrogen-bond acceptors (Lipinski definition) is 3. The summed E-state index contributed by atoms with van der Waals surface area (Å²) in [6.45, 7) is 6.45. The van der Waals surface area contributed by atoms with Crippen LogP contribution in [-0.2, 0) is 16.0 Å². The predicted molar refractivity (Wildman–Crippen MR) is 139 cm³/mol. The zero-order valence-corrected chi connectivity index (χ0v) is 21.6. The van der Waals surface area contributed by atoms with Crippen LogP contribution in [0.2, 0.25) is 0 Å². The van der Waals surface area contributed by atoms with E-state index in [0.717, 1.165) is 19.3 Å². The molecule has 188 valence electrons. The van der Waals surface area contributed by atoms with Crippen LogP contribution in [0.15, 0.2) is 24.3 Å². The van der Waals surface area contributed by atoms with Crippen LogP contribution in [0, 0.1) is 0 Å². The molecule has 0 aromatic heterocycles. The summed E-state index contributed by atoms with van der Waals surface area (Å²) >= 11 is 0. The molecular formula is C29H49NO3. The zero-order chi connectivity index (χ0) is 24.2. The Bertz CT molecular complexity index is 626. The number of unbranched alkanes of at least 4 members (excludes halogenated alkanes) is 14. The number of carbonyl (C=O) groups excluding carboxylic acids is 2. The Hall–Kier alpha value is -1.84. The maximum Gasteiger partial charge on any atom is 0.328 e. The number of amides is 1. The Balaban J connectivity index is 1.94. The van der Waals surface area contributed by atoms with Crippen molar-refractivity contribution >= 4 is 11.9 Å². The highest BCUT2D eigenvalue weighted by molar-refractivity contribution is 5.96. The maximum atomic E-state index is 12.3. The van der Waals surface area contributed by atoms with Gasteiger partial charge in [-0.1, -0.05) is 116 Å². The highest BCUT2D eigenvalue weighted by atomic mass is 16.5. The molecule has 0 saturated carbocycles. The Morgan fingerprint density at radius 3 is 1.64 bits per heavy atom. The largest absolute Gasteiger partial charge is 0.464 e. The molecule has 4 nitrogen and oxygen atoms in total. The first-order chi connectivity index (χ1) is 16.1. The van der Waals surface area contributed by atoms with Crippen molar-refractivity contribution in [1.29, 1.82) is 0 Å². The Labute approximate surface area is 203 Å². The summed E-state index contributed by atoms with van der Waals surface area (Å²) in [5.74, 6) is -0.604. The smallest absolute Gasteiger partial charge is 0.328 e. The molecule has 33 heavy (non-hydrogen) atoms. The third-order valence-corrected chi connectivity index (χ3v) is 6.32. The van der Waals surface area contributed by atoms with Crippen molar-refractivity contribution in [2.24, 2.45) is 0 Å². The highest BCUT2D eigenvalue weighted by Gasteiger charge is 2.17. The van der Waals surface area contributed by atoms with Crippen molar-refractivity contribution in [2.75, 3.05) is 6.61 Å². The number of rotatable bonds is 20. The summed E-state index contributed by atoms with van der Waals surface area (Å²) in [6.07, 6.45) is 20.6. The lowest BCUT2D eigenvalue weighted by atomic mass is 10.0. The number of benzene rings is 1. The van der Waals surface area contributed by atoms with Crippen LogP contribution in [0.5, 0.6) is 0 Å². The number of esters is 1. The molecule has 0 aliphatic rings. The van der Waals surface area contributed by atoms with Gasteiger partial charge in [-0.15, -0.1) is 0 Å². The Morgan fingerprint density at radius 2 is 1.18 bits per heavy atom. The van der Waals surface area contributed by atoms with Gasteiger partial charge in [0.15, 0.2) is 0 Å². The molecule has 1 aromatic rings. The van der Waals surface area contributed by atoms with E-state index in [1.807, 2.05) is 12.1 Å². The predicted octanol–water partition coefficient (Wildman–Crippen LogP) is 7.78. The molecule has 4 heteroatoms. The summed E-state index contributed by atoms with van der Waals surface area (Å²) in [7, 11) is 0. The lowest BCUT2D eigenvalue weighted by Gasteiger charge is -2.13. The molecule has 0 heterocycles. The standard InChI is InChI=1S/C29H49NO3/c1-4-6-7-8-9-10-11-12-13-14-15-16-17-18-19-24-33-29(32)25(3)30-28(31)27-22-20-26(5-2)21-23-27/h20-23,25H,4-19,24H2,1-3H3,(H,30,31). The van der Waals surface area contributed by atoms with Crippen molar-refractivity contribution in [3.63, 3.8) is 0 Å². The van der Waals surface area contributed by atoms with Crippen LogP contribution in [-0.4, -0.2) is 24.5 Å². The molecule has 0 fully saturated rings. The molecule has 1 amide bonds. The molecule has 1 unspecified atom stereocenters. The summed E-state index contributed by atoms with van der Waals surface area (Å²) < 4.78 is 5.34. The lowest BCUT2D eigenvalue weighted by Crippen LogP contribution is -2.39. The van der Waals surface area contributed by atoms with Crippen molar-refractivity contribution in [1.82, 2.24) is 5.32 Å². The number of nitrogens with one attached hydrogen (secondary N) is 1. The summed E-state index contributed by atoms with van der Waals surface area (Å²) in [4.78, 5) is 24.4. The first-order valence-corrected chi connectivity index (χ1v) is 13.6. The fraction of sp³-hybridized carbons (Fsp3) is 0.724. The number of hydrogen-bond donors (Lipinski definition) is 1. The normalized spacial score (nSPS) is 11.8. The number of ether oxygens (including phenoxy) is 1. The van der Waals surface area contributed by atoms with Crippen LogP contribution in [0.3, 0.4) is 0 Å². The second-order valence-corrected chi connectivity index (χ2v) is 9.36. The van der Waals surface area contributed by atoms with Gasteiger partial charge in [0.25, 0.3) is 5.91 Å². The van der Waals surface area contributed by atoms with E-state index in [9.17, 15) is 9.59 Å². The minimum atomic E-state index is -0.639. The van der Waals surface area contributed by atoms with Gasteiger partial charge in [-0.3, -0.25) is 4.79 Å². The monoisotopic (exact) mass is 459 g/mol. The van der Waals surface area contributed by atoms with E-state index in [1.54, 1.807) is 19.1 Å². The molecule has 1 atom stereocenters. The average Bonchev–Trinajstić information content (AvgIpc) is 2.83. The third kappa shape index (κ3) is 14.8. The number of carbonyl (C=O) groups is 2. The zero-order valence-electron chi connectivity index (χ0n) is 21.6. The van der Waals surface area contributed by atoms with Crippen molar-refractivity contribution in [2.45, 2.75) is 130 Å². The highest BCUT2D eigenvalue weighted by Crippen LogP contribution is 2.13. The Morgan fingerprint density at radius 1 is 0.727 bits per heavy atom. The first-order valence-electron chi connectivity index (χ1n) is 13.6. The SMILES string of the molecule is CCCCCCCCCCCCCCCCCOC(=O)C(C)NC(=O)c1ccc(CC)cc1. The summed E-state index contributed by atoms with van der Waals surface area (Å²) in [5, 5.41) is 2.72.